The predicted octanol–water partition coefficient (Wildman–Crippen LogP) is 3.72. The van der Waals surface area contributed by atoms with Crippen LogP contribution in [0.15, 0.2) is 54.7 Å². The van der Waals surface area contributed by atoms with Crippen molar-refractivity contribution in [2.45, 2.75) is 0 Å². The highest BCUT2D eigenvalue weighted by Crippen LogP contribution is 2.27. The second kappa shape index (κ2) is 5.13. The average molecular weight is 263 g/mol. The molecule has 0 saturated heterocycles. The van der Waals surface area contributed by atoms with Gasteiger partial charge in [0.2, 0.25) is 0 Å². The summed E-state index contributed by atoms with van der Waals surface area (Å²) in [4.78, 5) is 15.7. The van der Waals surface area contributed by atoms with Crippen LogP contribution in [0.4, 0.5) is 0 Å². The standard InChI is InChI=1S/C17H13NO2/c1-20-15-6-7-16(14(9-15)11-19)13-8-12-4-2-3-5-17(12)18-10-13/h2-11H,1H3. The molecule has 0 radical (unpaired) electrons. The van der Waals surface area contributed by atoms with Crippen molar-refractivity contribution in [3.63, 3.8) is 0 Å². The molecule has 1 heterocycles. The van der Waals surface area contributed by atoms with Gasteiger partial charge in [0.25, 0.3) is 0 Å². The number of benzene rings is 2. The number of carbonyl (C=O) groups is 1. The van der Waals surface area contributed by atoms with Gasteiger partial charge in [0.05, 0.1) is 12.6 Å². The molecular formula is C17H13NO2. The molecule has 0 N–H and O–H groups in total. The molecule has 0 aliphatic rings. The lowest BCUT2D eigenvalue weighted by Gasteiger charge is -2.08. The topological polar surface area (TPSA) is 39.2 Å². The van der Waals surface area contributed by atoms with Crippen molar-refractivity contribution in [1.82, 2.24) is 4.98 Å². The average Bonchev–Trinajstić information content (AvgIpc) is 2.53. The van der Waals surface area contributed by atoms with Crippen LogP contribution in [0.5, 0.6) is 5.75 Å². The van der Waals surface area contributed by atoms with E-state index in [1.54, 1.807) is 19.4 Å². The number of aromatic nitrogens is 1. The Morgan fingerprint density at radius 1 is 1.10 bits per heavy atom. The van der Waals surface area contributed by atoms with Crippen LogP contribution in [-0.4, -0.2) is 18.4 Å². The first-order chi connectivity index (χ1) is 9.81. The molecule has 0 bridgehead atoms. The van der Waals surface area contributed by atoms with E-state index in [4.69, 9.17) is 4.74 Å². The molecule has 0 atom stereocenters. The van der Waals surface area contributed by atoms with Crippen molar-refractivity contribution in [3.8, 4) is 16.9 Å². The van der Waals surface area contributed by atoms with Gasteiger partial charge in [-0.2, -0.15) is 0 Å². The van der Waals surface area contributed by atoms with Crippen LogP contribution in [0.25, 0.3) is 22.0 Å². The number of ether oxygens (including phenoxy) is 1. The second-order valence-electron chi connectivity index (χ2n) is 4.49. The van der Waals surface area contributed by atoms with E-state index in [2.05, 4.69) is 4.98 Å². The molecule has 98 valence electrons. The number of para-hydroxylation sites is 1. The minimum atomic E-state index is 0.599. The van der Waals surface area contributed by atoms with Gasteiger partial charge in [-0.05, 0) is 35.9 Å². The normalized spacial score (nSPS) is 10.4. The summed E-state index contributed by atoms with van der Waals surface area (Å²) in [5.41, 5.74) is 3.33. The van der Waals surface area contributed by atoms with Gasteiger partial charge in [-0.3, -0.25) is 9.78 Å². The number of aldehydes is 1. The van der Waals surface area contributed by atoms with Crippen molar-refractivity contribution < 1.29 is 9.53 Å². The molecule has 3 heteroatoms. The number of methoxy groups -OCH3 is 1. The number of pyridine rings is 1. The van der Waals surface area contributed by atoms with Gasteiger partial charge in [0, 0.05) is 22.7 Å². The molecule has 0 aliphatic carbocycles. The Labute approximate surface area is 116 Å². The third kappa shape index (κ3) is 2.14. The molecule has 0 spiro atoms. The molecule has 3 rings (SSSR count). The van der Waals surface area contributed by atoms with Crippen molar-refractivity contribution in [2.75, 3.05) is 7.11 Å². The van der Waals surface area contributed by atoms with Gasteiger partial charge in [-0.15, -0.1) is 0 Å². The zero-order chi connectivity index (χ0) is 13.9. The van der Waals surface area contributed by atoms with Crippen molar-refractivity contribution in [3.05, 3.63) is 60.3 Å². The number of fused-ring (bicyclic) bond motifs is 1. The maximum atomic E-state index is 11.3. The van der Waals surface area contributed by atoms with Crippen LogP contribution in [0, 0.1) is 0 Å². The Morgan fingerprint density at radius 2 is 1.95 bits per heavy atom. The molecular weight excluding hydrogens is 250 g/mol. The van der Waals surface area contributed by atoms with Crippen LogP contribution in [0.2, 0.25) is 0 Å². The van der Waals surface area contributed by atoms with E-state index >= 15 is 0 Å². The quantitative estimate of drug-likeness (QED) is 0.676. The highest BCUT2D eigenvalue weighted by atomic mass is 16.5. The molecule has 3 aromatic rings. The van der Waals surface area contributed by atoms with Crippen LogP contribution in [-0.2, 0) is 0 Å². The SMILES string of the molecule is COc1ccc(-c2cnc3ccccc3c2)c(C=O)c1. The number of hydrogen-bond donors (Lipinski definition) is 0. The monoisotopic (exact) mass is 263 g/mol. The Bertz CT molecular complexity index is 781. The molecule has 0 unspecified atom stereocenters. The zero-order valence-corrected chi connectivity index (χ0v) is 11.0. The van der Waals surface area contributed by atoms with Gasteiger partial charge in [-0.1, -0.05) is 18.2 Å². The van der Waals surface area contributed by atoms with Gasteiger partial charge in [0.1, 0.15) is 5.75 Å². The van der Waals surface area contributed by atoms with Gasteiger partial charge >= 0.3 is 0 Å². The third-order valence-corrected chi connectivity index (χ3v) is 3.29. The van der Waals surface area contributed by atoms with Crippen molar-refractivity contribution in [1.29, 1.82) is 0 Å². The zero-order valence-electron chi connectivity index (χ0n) is 11.0. The van der Waals surface area contributed by atoms with Crippen LogP contribution in [0.1, 0.15) is 10.4 Å². The van der Waals surface area contributed by atoms with E-state index in [-0.39, 0.29) is 0 Å². The fourth-order valence-corrected chi connectivity index (χ4v) is 2.25. The highest BCUT2D eigenvalue weighted by Gasteiger charge is 2.07. The Kier molecular flexibility index (Phi) is 3.17. The summed E-state index contributed by atoms with van der Waals surface area (Å²) in [6.45, 7) is 0. The lowest BCUT2D eigenvalue weighted by atomic mass is 10.0. The second-order valence-corrected chi connectivity index (χ2v) is 4.49. The fraction of sp³-hybridized carbons (Fsp3) is 0.0588. The molecule has 3 nitrogen and oxygen atoms in total. The van der Waals surface area contributed by atoms with E-state index in [0.717, 1.165) is 28.3 Å². The van der Waals surface area contributed by atoms with Crippen LogP contribution in [0.3, 0.4) is 0 Å². The van der Waals surface area contributed by atoms with Gasteiger partial charge in [-0.25, -0.2) is 0 Å². The molecule has 0 amide bonds. The summed E-state index contributed by atoms with van der Waals surface area (Å²) in [5, 5.41) is 1.05. The van der Waals surface area contributed by atoms with Crippen LogP contribution < -0.4 is 4.74 Å². The summed E-state index contributed by atoms with van der Waals surface area (Å²) in [7, 11) is 1.58. The smallest absolute Gasteiger partial charge is 0.150 e. The van der Waals surface area contributed by atoms with Crippen molar-refractivity contribution in [2.24, 2.45) is 0 Å². The minimum absolute atomic E-state index is 0.599. The van der Waals surface area contributed by atoms with Gasteiger partial charge < -0.3 is 4.74 Å². The van der Waals surface area contributed by atoms with Crippen LogP contribution >= 0.6 is 0 Å². The first-order valence-electron chi connectivity index (χ1n) is 6.30. The molecule has 2 aromatic carbocycles. The summed E-state index contributed by atoms with van der Waals surface area (Å²) < 4.78 is 5.14. The number of nitrogens with zero attached hydrogens (tertiary/aromatic N) is 1. The molecule has 0 fully saturated rings. The van der Waals surface area contributed by atoms with E-state index in [1.807, 2.05) is 42.5 Å². The number of hydrogen-bond acceptors (Lipinski definition) is 3. The highest BCUT2D eigenvalue weighted by molar-refractivity contribution is 5.91. The van der Waals surface area contributed by atoms with Gasteiger partial charge in [0.15, 0.2) is 6.29 Å². The molecule has 0 saturated carbocycles. The molecule has 1 aromatic heterocycles. The minimum Gasteiger partial charge on any atom is -0.497 e. The van der Waals surface area contributed by atoms with E-state index in [1.165, 1.54) is 0 Å². The summed E-state index contributed by atoms with van der Waals surface area (Å²) >= 11 is 0. The van der Waals surface area contributed by atoms with Crippen molar-refractivity contribution >= 4 is 17.2 Å². The Morgan fingerprint density at radius 3 is 2.75 bits per heavy atom. The number of carbonyl (C=O) groups excluding carboxylic acids is 1. The number of rotatable bonds is 3. The Balaban J connectivity index is 2.17. The third-order valence-electron chi connectivity index (χ3n) is 3.29. The first kappa shape index (κ1) is 12.4. The summed E-state index contributed by atoms with van der Waals surface area (Å²) in [5.74, 6) is 0.671. The maximum absolute atomic E-state index is 11.3. The molecule has 0 aliphatic heterocycles. The molecule has 20 heavy (non-hydrogen) atoms. The van der Waals surface area contributed by atoms with E-state index < -0.39 is 0 Å². The fourth-order valence-electron chi connectivity index (χ4n) is 2.25. The predicted molar refractivity (Wildman–Crippen MR) is 79.1 cm³/mol. The largest absolute Gasteiger partial charge is 0.497 e. The maximum Gasteiger partial charge on any atom is 0.150 e. The van der Waals surface area contributed by atoms with E-state index in [0.29, 0.717) is 11.3 Å². The first-order valence-corrected chi connectivity index (χ1v) is 6.30. The lowest BCUT2D eigenvalue weighted by Crippen LogP contribution is -1.91. The van der Waals surface area contributed by atoms with E-state index in [9.17, 15) is 4.79 Å². The summed E-state index contributed by atoms with van der Waals surface area (Å²) in [6.07, 6.45) is 2.63. The summed E-state index contributed by atoms with van der Waals surface area (Å²) in [6, 6.07) is 15.4. The lowest BCUT2D eigenvalue weighted by molar-refractivity contribution is 0.112. The Hall–Kier alpha value is -2.68.